The lowest BCUT2D eigenvalue weighted by Gasteiger charge is -2.21. The van der Waals surface area contributed by atoms with Gasteiger partial charge in [-0.1, -0.05) is 54.9 Å². The summed E-state index contributed by atoms with van der Waals surface area (Å²) in [5, 5.41) is 5.62. The van der Waals surface area contributed by atoms with E-state index in [1.165, 1.54) is 0 Å². The maximum atomic E-state index is 12.5. The van der Waals surface area contributed by atoms with Crippen molar-refractivity contribution >= 4 is 23.5 Å². The van der Waals surface area contributed by atoms with E-state index < -0.39 is 17.4 Å². The molecule has 0 bridgehead atoms. The zero-order valence-corrected chi connectivity index (χ0v) is 18.6. The molecule has 8 heteroatoms. The molecule has 0 spiro atoms. The minimum Gasteiger partial charge on any atom is -0.466 e. The number of rotatable bonds is 9. The van der Waals surface area contributed by atoms with Crippen molar-refractivity contribution in [2.24, 2.45) is 5.92 Å². The fourth-order valence-electron chi connectivity index (χ4n) is 3.44. The number of hydrogen-bond donors (Lipinski definition) is 2. The molecule has 0 saturated carbocycles. The quantitative estimate of drug-likeness (QED) is 0.469. The van der Waals surface area contributed by atoms with Gasteiger partial charge in [-0.25, -0.2) is 0 Å². The van der Waals surface area contributed by atoms with E-state index in [2.05, 4.69) is 10.5 Å². The van der Waals surface area contributed by atoms with E-state index in [0.717, 1.165) is 22.8 Å². The molecule has 3 aromatic rings. The highest BCUT2D eigenvalue weighted by molar-refractivity contribution is 6.30. The predicted molar refractivity (Wildman–Crippen MR) is 122 cm³/mol. The summed E-state index contributed by atoms with van der Waals surface area (Å²) in [4.78, 5) is 35.9. The van der Waals surface area contributed by atoms with Crippen LogP contribution in [0.1, 0.15) is 36.4 Å². The van der Waals surface area contributed by atoms with Crippen LogP contribution in [0.3, 0.4) is 0 Å². The van der Waals surface area contributed by atoms with Gasteiger partial charge in [-0.05, 0) is 48.6 Å². The Morgan fingerprint density at radius 1 is 1.12 bits per heavy atom. The zero-order chi connectivity index (χ0) is 23.1. The number of H-pyrrole nitrogens is 1. The maximum absolute atomic E-state index is 12.5. The molecule has 0 saturated heterocycles. The third kappa shape index (κ3) is 6.34. The molecule has 1 amide bonds. The minimum absolute atomic E-state index is 0.111. The normalized spacial score (nSPS) is 12.7. The molecule has 7 nitrogen and oxygen atoms in total. The minimum atomic E-state index is -0.528. The lowest BCUT2D eigenvalue weighted by Crippen LogP contribution is -2.38. The average molecular weight is 457 g/mol. The van der Waals surface area contributed by atoms with Crippen molar-refractivity contribution in [2.75, 3.05) is 6.61 Å². The van der Waals surface area contributed by atoms with E-state index in [1.807, 2.05) is 48.5 Å². The van der Waals surface area contributed by atoms with Crippen LogP contribution in [-0.2, 0) is 16.0 Å². The van der Waals surface area contributed by atoms with E-state index in [9.17, 15) is 14.4 Å². The Kier molecular flexibility index (Phi) is 7.89. The van der Waals surface area contributed by atoms with Crippen LogP contribution in [0.5, 0.6) is 0 Å². The third-order valence-corrected chi connectivity index (χ3v) is 5.24. The first-order valence-corrected chi connectivity index (χ1v) is 10.7. The number of nitrogens with one attached hydrogen (secondary N) is 2. The Balaban J connectivity index is 1.75. The van der Waals surface area contributed by atoms with Crippen molar-refractivity contribution in [2.45, 2.75) is 32.7 Å². The van der Waals surface area contributed by atoms with Gasteiger partial charge in [0.1, 0.15) is 0 Å². The SMILES string of the molecule is CCOC(=O)[C@H](C)C[C@@H](Cc1ccc(-c2cccc(Cl)c2)cc1)NC(=O)c1cc(=O)[nH]o1. The molecule has 2 aromatic carbocycles. The van der Waals surface area contributed by atoms with Crippen molar-refractivity contribution in [3.63, 3.8) is 0 Å². The number of ether oxygens (including phenoxy) is 1. The fourth-order valence-corrected chi connectivity index (χ4v) is 3.63. The van der Waals surface area contributed by atoms with Gasteiger partial charge in [-0.2, -0.15) is 5.16 Å². The number of benzene rings is 2. The van der Waals surface area contributed by atoms with Gasteiger partial charge < -0.3 is 14.6 Å². The van der Waals surface area contributed by atoms with E-state index in [0.29, 0.717) is 24.5 Å². The summed E-state index contributed by atoms with van der Waals surface area (Å²) < 4.78 is 9.99. The smallest absolute Gasteiger partial charge is 0.308 e. The number of amides is 1. The molecule has 1 aromatic heterocycles. The van der Waals surface area contributed by atoms with Crippen LogP contribution in [0.4, 0.5) is 0 Å². The Bertz CT molecular complexity index is 1120. The van der Waals surface area contributed by atoms with Crippen molar-refractivity contribution in [1.82, 2.24) is 10.5 Å². The molecular weight excluding hydrogens is 432 g/mol. The van der Waals surface area contributed by atoms with Crippen molar-refractivity contribution in [1.29, 1.82) is 0 Å². The van der Waals surface area contributed by atoms with Crippen molar-refractivity contribution < 1.29 is 18.8 Å². The van der Waals surface area contributed by atoms with Crippen LogP contribution < -0.4 is 10.9 Å². The molecule has 0 radical (unpaired) electrons. The topological polar surface area (TPSA) is 101 Å². The molecule has 0 unspecified atom stereocenters. The Morgan fingerprint density at radius 3 is 2.50 bits per heavy atom. The highest BCUT2D eigenvalue weighted by atomic mass is 35.5. The molecule has 2 atom stereocenters. The Morgan fingerprint density at radius 2 is 1.88 bits per heavy atom. The Labute approximate surface area is 190 Å². The van der Waals surface area contributed by atoms with Crippen molar-refractivity contribution in [3.05, 3.63) is 81.3 Å². The number of aromatic amines is 1. The van der Waals surface area contributed by atoms with Gasteiger partial charge >= 0.3 is 5.97 Å². The highest BCUT2D eigenvalue weighted by Gasteiger charge is 2.23. The second-order valence-corrected chi connectivity index (χ2v) is 7.98. The van der Waals surface area contributed by atoms with Crippen molar-refractivity contribution in [3.8, 4) is 11.1 Å². The molecule has 0 aliphatic heterocycles. The second-order valence-electron chi connectivity index (χ2n) is 7.55. The summed E-state index contributed by atoms with van der Waals surface area (Å²) in [6, 6.07) is 16.2. The third-order valence-electron chi connectivity index (χ3n) is 5.00. The number of esters is 1. The molecule has 0 aliphatic carbocycles. The molecule has 168 valence electrons. The van der Waals surface area contributed by atoms with Gasteiger partial charge in [-0.3, -0.25) is 14.4 Å². The van der Waals surface area contributed by atoms with Gasteiger partial charge in [0.2, 0.25) is 5.76 Å². The van der Waals surface area contributed by atoms with Gasteiger partial charge in [0.05, 0.1) is 18.6 Å². The number of halogens is 1. The van der Waals surface area contributed by atoms with Gasteiger partial charge in [0.25, 0.3) is 11.5 Å². The van der Waals surface area contributed by atoms with E-state index in [-0.39, 0.29) is 17.8 Å². The van der Waals surface area contributed by atoms with E-state index >= 15 is 0 Å². The summed E-state index contributed by atoms with van der Waals surface area (Å²) in [5.41, 5.74) is 2.51. The maximum Gasteiger partial charge on any atom is 0.308 e. The van der Waals surface area contributed by atoms with Crippen LogP contribution in [0.15, 0.2) is 63.9 Å². The lowest BCUT2D eigenvalue weighted by molar-refractivity contribution is -0.147. The zero-order valence-electron chi connectivity index (χ0n) is 17.9. The highest BCUT2D eigenvalue weighted by Crippen LogP contribution is 2.24. The van der Waals surface area contributed by atoms with Crippen LogP contribution in [0.25, 0.3) is 11.1 Å². The molecular formula is C24H25ClN2O5. The summed E-state index contributed by atoms with van der Waals surface area (Å²) in [6.45, 7) is 3.80. The van der Waals surface area contributed by atoms with Crippen LogP contribution in [-0.4, -0.2) is 29.7 Å². The summed E-state index contributed by atoms with van der Waals surface area (Å²) in [7, 11) is 0. The standard InChI is InChI=1S/C24H25ClN2O5/c1-3-31-24(30)15(2)11-20(26-23(29)21-14-22(28)27-32-21)12-16-7-9-17(10-8-16)18-5-4-6-19(25)13-18/h4-10,13-15,20H,3,11-12H2,1-2H3,(H,26,29)(H,27,28)/t15-,20+/m1/s1. The van der Waals surface area contributed by atoms with Gasteiger partial charge in [0.15, 0.2) is 0 Å². The molecule has 0 fully saturated rings. The number of carbonyl (C=O) groups excluding carboxylic acids is 2. The van der Waals surface area contributed by atoms with Crippen LogP contribution in [0.2, 0.25) is 5.02 Å². The summed E-state index contributed by atoms with van der Waals surface area (Å²) >= 11 is 6.08. The first kappa shape index (κ1) is 23.3. The number of hydrogen-bond acceptors (Lipinski definition) is 5. The fraction of sp³-hybridized carbons (Fsp3) is 0.292. The van der Waals surface area contributed by atoms with E-state index in [1.54, 1.807) is 13.8 Å². The van der Waals surface area contributed by atoms with Crippen LogP contribution >= 0.6 is 11.6 Å². The first-order valence-electron chi connectivity index (χ1n) is 10.4. The number of carbonyl (C=O) groups is 2. The van der Waals surface area contributed by atoms with Gasteiger partial charge in [0, 0.05) is 11.1 Å². The predicted octanol–water partition coefficient (Wildman–Crippen LogP) is 4.22. The first-order chi connectivity index (χ1) is 15.4. The average Bonchev–Trinajstić information content (AvgIpc) is 3.21. The molecule has 32 heavy (non-hydrogen) atoms. The second kappa shape index (κ2) is 10.8. The monoisotopic (exact) mass is 456 g/mol. The summed E-state index contributed by atoms with van der Waals surface area (Å²) in [6.07, 6.45) is 0.856. The molecule has 2 N–H and O–H groups in total. The Hall–Kier alpha value is -3.32. The number of aromatic nitrogens is 1. The molecule has 0 aliphatic rings. The largest absolute Gasteiger partial charge is 0.466 e. The van der Waals surface area contributed by atoms with Crippen LogP contribution in [0, 0.1) is 5.92 Å². The lowest BCUT2D eigenvalue weighted by atomic mass is 9.94. The molecule has 1 heterocycles. The molecule has 3 rings (SSSR count). The summed E-state index contributed by atoms with van der Waals surface area (Å²) in [5.74, 6) is -1.37. The van der Waals surface area contributed by atoms with Gasteiger partial charge in [-0.15, -0.1) is 0 Å². The van der Waals surface area contributed by atoms with E-state index in [4.69, 9.17) is 20.9 Å².